The van der Waals surface area contributed by atoms with E-state index < -0.39 is 0 Å². The minimum atomic E-state index is 0.0952. The van der Waals surface area contributed by atoms with Gasteiger partial charge in [0.2, 0.25) is 0 Å². The van der Waals surface area contributed by atoms with Crippen LogP contribution in [0.25, 0.3) is 0 Å². The minimum Gasteiger partial charge on any atom is -0.392 e. The monoisotopic (exact) mass is 258 g/mol. The topological polar surface area (TPSA) is 20.2 Å². The van der Waals surface area contributed by atoms with E-state index in [-0.39, 0.29) is 6.61 Å². The second-order valence-corrected chi connectivity index (χ2v) is 2.61. The Morgan fingerprint density at radius 3 is 2.36 bits per heavy atom. The lowest BCUT2D eigenvalue weighted by atomic mass is 10.1. The van der Waals surface area contributed by atoms with Crippen LogP contribution in [0.2, 0.25) is 0 Å². The van der Waals surface area contributed by atoms with Crippen LogP contribution in [-0.2, 0) is 6.61 Å². The maximum Gasteiger partial charge on any atom is 0.0681 e. The van der Waals surface area contributed by atoms with Crippen LogP contribution in [0.5, 0.6) is 0 Å². The molecule has 0 fully saturated rings. The number of hydrogen-bond acceptors (Lipinski definition) is 1. The van der Waals surface area contributed by atoms with Crippen LogP contribution in [0.1, 0.15) is 11.1 Å². The second kappa shape index (κ2) is 4.37. The van der Waals surface area contributed by atoms with Crippen LogP contribution in [0, 0.1) is 9.85 Å². The largest absolute Gasteiger partial charge is 0.392 e. The Balaban J connectivity index is 2.88. The van der Waals surface area contributed by atoms with Gasteiger partial charge in [-0.15, -0.1) is 0 Å². The Bertz CT molecular complexity index is 279. The fraction of sp³-hybridized carbons (Fsp3) is 0.111. The summed E-state index contributed by atoms with van der Waals surface area (Å²) in [7, 11) is 0. The molecule has 0 amide bonds. The van der Waals surface area contributed by atoms with Gasteiger partial charge in [-0.25, -0.2) is 0 Å². The maximum absolute atomic E-state index is 8.72. The third-order valence-electron chi connectivity index (χ3n) is 1.33. The molecule has 0 heterocycles. The lowest BCUT2D eigenvalue weighted by molar-refractivity contribution is 0.282. The molecule has 1 nitrogen and oxygen atoms in total. The average Bonchev–Trinajstić information content (AvgIpc) is 2.07. The van der Waals surface area contributed by atoms with Gasteiger partial charge >= 0.3 is 0 Å². The Kier molecular flexibility index (Phi) is 3.40. The van der Waals surface area contributed by atoms with Gasteiger partial charge in [-0.05, 0) is 21.6 Å². The lowest BCUT2D eigenvalue weighted by Gasteiger charge is -1.93. The van der Waals surface area contributed by atoms with Crippen molar-refractivity contribution in [2.45, 2.75) is 6.61 Å². The van der Waals surface area contributed by atoms with Gasteiger partial charge in [-0.3, -0.25) is 0 Å². The van der Waals surface area contributed by atoms with Gasteiger partial charge < -0.3 is 5.11 Å². The molecule has 0 unspecified atom stereocenters. The molecule has 0 aliphatic heterocycles. The molecule has 0 aromatic heterocycles. The van der Waals surface area contributed by atoms with Crippen LogP contribution in [0.3, 0.4) is 0 Å². The standard InChI is InChI=1S/C9H7IO/c10-6-5-8-1-3-9(7-11)4-2-8/h1-4,11H,7H2. The summed E-state index contributed by atoms with van der Waals surface area (Å²) in [4.78, 5) is 0. The van der Waals surface area contributed by atoms with E-state index in [4.69, 9.17) is 5.11 Å². The van der Waals surface area contributed by atoms with Crippen molar-refractivity contribution in [3.8, 4) is 9.85 Å². The summed E-state index contributed by atoms with van der Waals surface area (Å²) < 4.78 is 2.78. The Labute approximate surface area is 79.6 Å². The molecule has 0 bridgehead atoms. The quantitative estimate of drug-likeness (QED) is 0.602. The molecule has 11 heavy (non-hydrogen) atoms. The normalized spacial score (nSPS) is 8.55. The van der Waals surface area contributed by atoms with Crippen LogP contribution < -0.4 is 0 Å². The van der Waals surface area contributed by atoms with Crippen LogP contribution >= 0.6 is 22.6 Å². The number of rotatable bonds is 1. The number of halogens is 1. The summed E-state index contributed by atoms with van der Waals surface area (Å²) in [5.41, 5.74) is 1.90. The molecule has 1 rings (SSSR count). The lowest BCUT2D eigenvalue weighted by Crippen LogP contribution is -1.81. The molecule has 0 atom stereocenters. The summed E-state index contributed by atoms with van der Waals surface area (Å²) >= 11 is 2.00. The van der Waals surface area contributed by atoms with E-state index >= 15 is 0 Å². The third-order valence-corrected chi connectivity index (χ3v) is 1.60. The number of hydrogen-bond donors (Lipinski definition) is 1. The van der Waals surface area contributed by atoms with Gasteiger partial charge in [-0.1, -0.05) is 18.1 Å². The van der Waals surface area contributed by atoms with E-state index in [1.165, 1.54) is 0 Å². The number of benzene rings is 1. The van der Waals surface area contributed by atoms with Crippen LogP contribution in [-0.4, -0.2) is 5.11 Å². The van der Waals surface area contributed by atoms with Crippen molar-refractivity contribution in [3.05, 3.63) is 35.4 Å². The Morgan fingerprint density at radius 1 is 1.27 bits per heavy atom. The molecule has 0 saturated carbocycles. The van der Waals surface area contributed by atoms with Crippen molar-refractivity contribution in [1.82, 2.24) is 0 Å². The van der Waals surface area contributed by atoms with Gasteiger partial charge in [0.15, 0.2) is 0 Å². The zero-order valence-electron chi connectivity index (χ0n) is 5.84. The van der Waals surface area contributed by atoms with Crippen molar-refractivity contribution in [2.75, 3.05) is 0 Å². The van der Waals surface area contributed by atoms with E-state index in [9.17, 15) is 0 Å². The molecule has 0 aliphatic rings. The first-order valence-electron chi connectivity index (χ1n) is 3.18. The molecular weight excluding hydrogens is 251 g/mol. The van der Waals surface area contributed by atoms with E-state index in [1.807, 2.05) is 46.9 Å². The zero-order valence-corrected chi connectivity index (χ0v) is 8.00. The van der Waals surface area contributed by atoms with Gasteiger partial charge in [0, 0.05) is 28.2 Å². The molecule has 2 heteroatoms. The van der Waals surface area contributed by atoms with Crippen molar-refractivity contribution >= 4 is 22.6 Å². The molecule has 1 aromatic carbocycles. The highest BCUT2D eigenvalue weighted by atomic mass is 127. The summed E-state index contributed by atoms with van der Waals surface area (Å²) in [6.45, 7) is 0.0952. The molecule has 0 aliphatic carbocycles. The molecule has 0 radical (unpaired) electrons. The first-order chi connectivity index (χ1) is 5.36. The first kappa shape index (κ1) is 8.57. The molecule has 0 spiro atoms. The van der Waals surface area contributed by atoms with Crippen molar-refractivity contribution in [3.63, 3.8) is 0 Å². The minimum absolute atomic E-state index is 0.0952. The second-order valence-electron chi connectivity index (χ2n) is 2.07. The Morgan fingerprint density at radius 2 is 1.91 bits per heavy atom. The van der Waals surface area contributed by atoms with Gasteiger partial charge in [-0.2, -0.15) is 0 Å². The predicted octanol–water partition coefficient (Wildman–Crippen LogP) is 1.92. The molecule has 1 aromatic rings. The van der Waals surface area contributed by atoms with Gasteiger partial charge in [0.05, 0.1) is 6.61 Å². The van der Waals surface area contributed by atoms with Gasteiger partial charge in [0.25, 0.3) is 0 Å². The number of aliphatic hydroxyl groups excluding tert-OH is 1. The van der Waals surface area contributed by atoms with E-state index in [0.29, 0.717) is 0 Å². The van der Waals surface area contributed by atoms with Crippen molar-refractivity contribution < 1.29 is 5.11 Å². The Hall–Kier alpha value is -0.530. The van der Waals surface area contributed by atoms with E-state index in [1.54, 1.807) is 0 Å². The third kappa shape index (κ3) is 2.52. The summed E-state index contributed by atoms with van der Waals surface area (Å²) in [6, 6.07) is 7.54. The van der Waals surface area contributed by atoms with Crippen molar-refractivity contribution in [1.29, 1.82) is 0 Å². The smallest absolute Gasteiger partial charge is 0.0681 e. The van der Waals surface area contributed by atoms with Crippen LogP contribution in [0.15, 0.2) is 24.3 Å². The molecular formula is C9H7IO. The van der Waals surface area contributed by atoms with Crippen LogP contribution in [0.4, 0.5) is 0 Å². The average molecular weight is 258 g/mol. The zero-order chi connectivity index (χ0) is 8.10. The summed E-state index contributed by atoms with van der Waals surface area (Å²) in [5, 5.41) is 8.72. The van der Waals surface area contributed by atoms with Gasteiger partial charge in [0.1, 0.15) is 0 Å². The highest BCUT2D eigenvalue weighted by molar-refractivity contribution is 14.1. The fourth-order valence-electron chi connectivity index (χ4n) is 0.748. The molecule has 0 saturated heterocycles. The first-order valence-corrected chi connectivity index (χ1v) is 4.26. The summed E-state index contributed by atoms with van der Waals surface area (Å²) in [5.74, 6) is 2.91. The van der Waals surface area contributed by atoms with E-state index in [0.717, 1.165) is 11.1 Å². The fourth-order valence-corrected chi connectivity index (χ4v) is 1.06. The molecule has 56 valence electrons. The van der Waals surface area contributed by atoms with Crippen molar-refractivity contribution in [2.24, 2.45) is 0 Å². The predicted molar refractivity (Wildman–Crippen MR) is 53.3 cm³/mol. The summed E-state index contributed by atoms with van der Waals surface area (Å²) in [6.07, 6.45) is 0. The highest BCUT2D eigenvalue weighted by Crippen LogP contribution is 2.02. The van der Waals surface area contributed by atoms with E-state index in [2.05, 4.69) is 9.85 Å². The molecule has 1 N–H and O–H groups in total. The number of aliphatic hydroxyl groups is 1. The SMILES string of the molecule is OCc1ccc(C#CI)cc1. The maximum atomic E-state index is 8.72. The highest BCUT2D eigenvalue weighted by Gasteiger charge is 1.88.